The first-order valence-electron chi connectivity index (χ1n) is 9.42. The molecular formula is C19H24F2N6O2. The maximum atomic E-state index is 13.5. The number of fused-ring (bicyclic) bond motifs is 1. The van der Waals surface area contributed by atoms with Crippen LogP contribution in [0.4, 0.5) is 14.6 Å². The van der Waals surface area contributed by atoms with Crippen LogP contribution in [0, 0.1) is 13.8 Å². The molecule has 0 saturated carbocycles. The number of carbonyl (C=O) groups is 1. The molecule has 10 heteroatoms. The molecule has 0 bridgehead atoms. The molecule has 0 unspecified atom stereocenters. The molecule has 156 valence electrons. The molecule has 0 saturated heterocycles. The molecule has 0 atom stereocenters. The fourth-order valence-electron chi connectivity index (χ4n) is 3.30. The van der Waals surface area contributed by atoms with Crippen LogP contribution in [0.15, 0.2) is 16.9 Å². The van der Waals surface area contributed by atoms with Gasteiger partial charge in [-0.2, -0.15) is 10.2 Å². The summed E-state index contributed by atoms with van der Waals surface area (Å²) in [6.45, 7) is 6.10. The lowest BCUT2D eigenvalue weighted by molar-refractivity contribution is -0.116. The molecule has 1 N–H and O–H groups in total. The van der Waals surface area contributed by atoms with Crippen LogP contribution in [0.3, 0.4) is 0 Å². The third kappa shape index (κ3) is 4.06. The second-order valence-corrected chi connectivity index (χ2v) is 6.99. The van der Waals surface area contributed by atoms with Gasteiger partial charge in [0.1, 0.15) is 0 Å². The van der Waals surface area contributed by atoms with Crippen molar-refractivity contribution in [3.8, 4) is 0 Å². The van der Waals surface area contributed by atoms with Crippen LogP contribution >= 0.6 is 0 Å². The van der Waals surface area contributed by atoms with Gasteiger partial charge in [-0.05, 0) is 20.3 Å². The minimum Gasteiger partial charge on any atom is -0.309 e. The van der Waals surface area contributed by atoms with E-state index in [-0.39, 0.29) is 35.5 Å². The van der Waals surface area contributed by atoms with Gasteiger partial charge in [-0.3, -0.25) is 23.5 Å². The van der Waals surface area contributed by atoms with Crippen molar-refractivity contribution >= 4 is 22.8 Å². The summed E-state index contributed by atoms with van der Waals surface area (Å²) in [5.41, 5.74) is 0.724. The zero-order chi connectivity index (χ0) is 21.3. The van der Waals surface area contributed by atoms with E-state index in [0.29, 0.717) is 18.1 Å². The molecule has 3 aromatic rings. The number of nitrogens with one attached hydrogen (secondary N) is 1. The number of aromatic nitrogens is 5. The fraction of sp³-hybridized carbons (Fsp3) is 0.474. The normalized spacial score (nSPS) is 11.6. The molecule has 0 radical (unpaired) electrons. The zero-order valence-electron chi connectivity index (χ0n) is 16.9. The van der Waals surface area contributed by atoms with Gasteiger partial charge in [-0.1, -0.05) is 6.92 Å². The van der Waals surface area contributed by atoms with Crippen molar-refractivity contribution in [1.82, 2.24) is 24.1 Å². The second kappa shape index (κ2) is 8.14. The molecule has 3 aromatic heterocycles. The molecule has 1 amide bonds. The van der Waals surface area contributed by atoms with Crippen molar-refractivity contribution in [2.24, 2.45) is 7.05 Å². The zero-order valence-corrected chi connectivity index (χ0v) is 16.9. The molecule has 0 aliphatic rings. The Morgan fingerprint density at radius 1 is 1.21 bits per heavy atom. The standard InChI is InChI=1S/C19H24F2N6O2/c1-5-7-27-12(3)17-13(18(20)21)10-16(29)26(19(17)24-27)8-6-15(28)22-14-9-11(2)25(4)23-14/h9-10,18H,5-8H2,1-4H3,(H,22,23,28). The summed E-state index contributed by atoms with van der Waals surface area (Å²) in [5.74, 6) is 0.0920. The highest BCUT2D eigenvalue weighted by Crippen LogP contribution is 2.29. The molecule has 0 spiro atoms. The smallest absolute Gasteiger partial charge is 0.264 e. The molecule has 0 aliphatic heterocycles. The highest BCUT2D eigenvalue weighted by atomic mass is 19.3. The fourth-order valence-corrected chi connectivity index (χ4v) is 3.30. The van der Waals surface area contributed by atoms with Crippen molar-refractivity contribution in [3.05, 3.63) is 39.4 Å². The Morgan fingerprint density at radius 2 is 1.93 bits per heavy atom. The van der Waals surface area contributed by atoms with E-state index in [1.807, 2.05) is 13.8 Å². The highest BCUT2D eigenvalue weighted by molar-refractivity contribution is 5.90. The molecule has 3 rings (SSSR count). The largest absolute Gasteiger partial charge is 0.309 e. The molecule has 29 heavy (non-hydrogen) atoms. The van der Waals surface area contributed by atoms with E-state index in [4.69, 9.17) is 0 Å². The lowest BCUT2D eigenvalue weighted by Crippen LogP contribution is -2.24. The van der Waals surface area contributed by atoms with Crippen LogP contribution in [0.5, 0.6) is 0 Å². The van der Waals surface area contributed by atoms with Gasteiger partial charge in [0, 0.05) is 61.0 Å². The van der Waals surface area contributed by atoms with Gasteiger partial charge in [0.25, 0.3) is 12.0 Å². The first-order chi connectivity index (χ1) is 13.7. The number of amides is 1. The van der Waals surface area contributed by atoms with Crippen LogP contribution in [0.2, 0.25) is 0 Å². The van der Waals surface area contributed by atoms with E-state index in [2.05, 4.69) is 15.5 Å². The molecule has 0 aliphatic carbocycles. The maximum absolute atomic E-state index is 13.5. The Morgan fingerprint density at radius 3 is 2.52 bits per heavy atom. The van der Waals surface area contributed by atoms with Crippen molar-refractivity contribution in [2.75, 3.05) is 5.32 Å². The minimum atomic E-state index is -2.78. The van der Waals surface area contributed by atoms with Crippen molar-refractivity contribution in [2.45, 2.75) is 53.1 Å². The van der Waals surface area contributed by atoms with Gasteiger partial charge >= 0.3 is 0 Å². The van der Waals surface area contributed by atoms with Gasteiger partial charge in [-0.25, -0.2) is 8.78 Å². The van der Waals surface area contributed by atoms with Gasteiger partial charge in [0.05, 0.1) is 0 Å². The molecule has 0 aromatic carbocycles. The van der Waals surface area contributed by atoms with E-state index < -0.39 is 12.0 Å². The summed E-state index contributed by atoms with van der Waals surface area (Å²) in [4.78, 5) is 24.8. The molecule has 8 nitrogen and oxygen atoms in total. The summed E-state index contributed by atoms with van der Waals surface area (Å²) in [5, 5.41) is 11.5. The SMILES string of the molecule is CCCn1nc2c(c(C(F)F)cc(=O)n2CCC(=O)Nc2cc(C)n(C)n2)c1C. The Balaban J connectivity index is 1.91. The Labute approximate surface area is 166 Å². The molecular weight excluding hydrogens is 382 g/mol. The average molecular weight is 406 g/mol. The monoisotopic (exact) mass is 406 g/mol. The number of halogens is 2. The van der Waals surface area contributed by atoms with Crippen molar-refractivity contribution < 1.29 is 13.6 Å². The Hall–Kier alpha value is -3.04. The van der Waals surface area contributed by atoms with E-state index >= 15 is 0 Å². The third-order valence-corrected chi connectivity index (χ3v) is 4.89. The number of hydrogen-bond acceptors (Lipinski definition) is 4. The van der Waals surface area contributed by atoms with E-state index in [9.17, 15) is 18.4 Å². The van der Waals surface area contributed by atoms with Crippen LogP contribution in [-0.2, 0) is 24.9 Å². The predicted molar refractivity (Wildman–Crippen MR) is 105 cm³/mol. The summed E-state index contributed by atoms with van der Waals surface area (Å²) in [6, 6.07) is 2.67. The van der Waals surface area contributed by atoms with Gasteiger partial charge in [0.2, 0.25) is 5.91 Å². The van der Waals surface area contributed by atoms with Crippen LogP contribution in [-0.4, -0.2) is 30.0 Å². The van der Waals surface area contributed by atoms with Crippen molar-refractivity contribution in [3.63, 3.8) is 0 Å². The topological polar surface area (TPSA) is 86.7 Å². The lowest BCUT2D eigenvalue weighted by atomic mass is 10.1. The van der Waals surface area contributed by atoms with Gasteiger partial charge in [0.15, 0.2) is 11.5 Å². The highest BCUT2D eigenvalue weighted by Gasteiger charge is 2.22. The van der Waals surface area contributed by atoms with Gasteiger partial charge < -0.3 is 5.32 Å². The summed E-state index contributed by atoms with van der Waals surface area (Å²) >= 11 is 0. The number of pyridine rings is 1. The first kappa shape index (κ1) is 20.7. The number of aryl methyl sites for hydroxylation is 5. The Bertz CT molecular complexity index is 1090. The second-order valence-electron chi connectivity index (χ2n) is 6.99. The summed E-state index contributed by atoms with van der Waals surface area (Å²) < 4.78 is 31.6. The number of anilines is 1. The predicted octanol–water partition coefficient (Wildman–Crippen LogP) is 2.92. The average Bonchev–Trinajstić information content (AvgIpc) is 3.13. The van der Waals surface area contributed by atoms with Crippen LogP contribution in [0.25, 0.3) is 11.0 Å². The first-order valence-corrected chi connectivity index (χ1v) is 9.42. The number of rotatable bonds is 7. The number of nitrogens with zero attached hydrogens (tertiary/aromatic N) is 5. The van der Waals surface area contributed by atoms with Crippen molar-refractivity contribution in [1.29, 1.82) is 0 Å². The van der Waals surface area contributed by atoms with E-state index in [1.54, 1.807) is 29.4 Å². The Kier molecular flexibility index (Phi) is 5.81. The number of hydrogen-bond donors (Lipinski definition) is 1. The third-order valence-electron chi connectivity index (χ3n) is 4.89. The minimum absolute atomic E-state index is 0.0155. The maximum Gasteiger partial charge on any atom is 0.264 e. The quantitative estimate of drug-likeness (QED) is 0.654. The number of alkyl halides is 2. The van der Waals surface area contributed by atoms with E-state index in [1.165, 1.54) is 4.57 Å². The lowest BCUT2D eigenvalue weighted by Gasteiger charge is -2.09. The van der Waals surface area contributed by atoms with Crippen LogP contribution in [0.1, 0.15) is 43.1 Å². The van der Waals surface area contributed by atoms with E-state index in [0.717, 1.165) is 18.2 Å². The number of carbonyl (C=O) groups excluding carboxylic acids is 1. The molecule has 3 heterocycles. The van der Waals surface area contributed by atoms with Gasteiger partial charge in [-0.15, -0.1) is 0 Å². The summed E-state index contributed by atoms with van der Waals surface area (Å²) in [6.07, 6.45) is -2.03. The summed E-state index contributed by atoms with van der Waals surface area (Å²) in [7, 11) is 1.76. The van der Waals surface area contributed by atoms with Crippen LogP contribution < -0.4 is 10.9 Å². The molecule has 0 fully saturated rings.